The molecule has 0 aromatic heterocycles. The summed E-state index contributed by atoms with van der Waals surface area (Å²) in [6.07, 6.45) is -0.441. The van der Waals surface area contributed by atoms with Gasteiger partial charge in [0, 0.05) is 12.1 Å². The summed E-state index contributed by atoms with van der Waals surface area (Å²) in [5, 5.41) is 16.9. The Bertz CT molecular complexity index is 689. The van der Waals surface area contributed by atoms with Crippen molar-refractivity contribution in [3.8, 4) is 0 Å². The van der Waals surface area contributed by atoms with Crippen LogP contribution in [0.3, 0.4) is 0 Å². The number of nitrogens with zero attached hydrogens (tertiary/aromatic N) is 3. The van der Waals surface area contributed by atoms with Crippen molar-refractivity contribution in [2.45, 2.75) is 31.6 Å². The number of benzene rings is 1. The monoisotopic (exact) mass is 337 g/mol. The average molecular weight is 338 g/mol. The van der Waals surface area contributed by atoms with E-state index >= 15 is 0 Å². The summed E-state index contributed by atoms with van der Waals surface area (Å²) >= 11 is 6.25. The summed E-state index contributed by atoms with van der Waals surface area (Å²) in [5.74, 6) is 0. The van der Waals surface area contributed by atoms with E-state index in [4.69, 9.17) is 22.9 Å². The zero-order valence-electron chi connectivity index (χ0n) is 12.7. The molecule has 1 aromatic carbocycles. The van der Waals surface area contributed by atoms with Gasteiger partial charge >= 0.3 is 0 Å². The SMILES string of the molecule is [C-]#[N+]c1ccc(C2=NN3CC[C@H](O)[C@H]3[C@@H]2OCCF)c(C)c1Cl. The van der Waals surface area contributed by atoms with Gasteiger partial charge in [-0.2, -0.15) is 5.10 Å². The maximum Gasteiger partial charge on any atom is 0.205 e. The Morgan fingerprint density at radius 2 is 2.35 bits per heavy atom. The Kier molecular flexibility index (Phi) is 4.53. The van der Waals surface area contributed by atoms with E-state index in [0.29, 0.717) is 29.4 Å². The van der Waals surface area contributed by atoms with Gasteiger partial charge in [-0.25, -0.2) is 9.24 Å². The summed E-state index contributed by atoms with van der Waals surface area (Å²) in [5.41, 5.74) is 2.53. The lowest BCUT2D eigenvalue weighted by Crippen LogP contribution is -2.42. The predicted molar refractivity (Wildman–Crippen MR) is 85.8 cm³/mol. The molecule has 1 fully saturated rings. The Morgan fingerprint density at radius 1 is 1.57 bits per heavy atom. The highest BCUT2D eigenvalue weighted by atomic mass is 35.5. The van der Waals surface area contributed by atoms with E-state index in [0.717, 1.165) is 11.1 Å². The molecular weight excluding hydrogens is 321 g/mol. The number of alkyl halides is 1. The quantitative estimate of drug-likeness (QED) is 0.859. The van der Waals surface area contributed by atoms with Crippen LogP contribution in [0, 0.1) is 13.5 Å². The lowest BCUT2D eigenvalue weighted by Gasteiger charge is -2.24. The van der Waals surface area contributed by atoms with Crippen molar-refractivity contribution in [2.75, 3.05) is 19.8 Å². The molecule has 1 saturated heterocycles. The van der Waals surface area contributed by atoms with Crippen molar-refractivity contribution in [3.63, 3.8) is 0 Å². The molecule has 5 nitrogen and oxygen atoms in total. The molecule has 0 bridgehead atoms. The van der Waals surface area contributed by atoms with Crippen LogP contribution in [0.2, 0.25) is 5.02 Å². The molecule has 0 unspecified atom stereocenters. The van der Waals surface area contributed by atoms with Gasteiger partial charge in [0.05, 0.1) is 30.0 Å². The number of hydrogen-bond donors (Lipinski definition) is 1. The molecule has 3 rings (SSSR count). The largest absolute Gasteiger partial charge is 0.391 e. The minimum absolute atomic E-state index is 0.0480. The maximum atomic E-state index is 12.6. The van der Waals surface area contributed by atoms with Gasteiger partial charge in [-0.15, -0.1) is 0 Å². The van der Waals surface area contributed by atoms with E-state index in [2.05, 4.69) is 9.95 Å². The predicted octanol–water partition coefficient (Wildman–Crippen LogP) is 2.71. The van der Waals surface area contributed by atoms with Crippen LogP contribution in [0.25, 0.3) is 4.85 Å². The third-order valence-electron chi connectivity index (χ3n) is 4.35. The topological polar surface area (TPSA) is 49.4 Å². The molecule has 2 aliphatic rings. The lowest BCUT2D eigenvalue weighted by atomic mass is 9.95. The first-order valence-corrected chi connectivity index (χ1v) is 7.84. The number of aliphatic hydroxyl groups excluding tert-OH is 1. The van der Waals surface area contributed by atoms with Crippen LogP contribution in [-0.2, 0) is 4.74 Å². The molecule has 0 aliphatic carbocycles. The third kappa shape index (κ3) is 2.69. The standard InChI is InChI=1S/C16H17ClFN3O2/c1-9-10(3-4-11(19-2)13(9)17)14-16(23-8-6-18)15-12(22)5-7-21(15)20-14/h3-4,12,15-16,22H,5-8H2,1H3/t12-,15-,16+/m0/s1. The first kappa shape index (κ1) is 16.2. The Hall–Kier alpha value is -1.68. The van der Waals surface area contributed by atoms with Gasteiger partial charge in [-0.1, -0.05) is 23.7 Å². The minimum atomic E-state index is -0.594. The summed E-state index contributed by atoms with van der Waals surface area (Å²) in [6.45, 7) is 8.94. The summed E-state index contributed by atoms with van der Waals surface area (Å²) in [4.78, 5) is 3.38. The second-order valence-electron chi connectivity index (χ2n) is 5.66. The minimum Gasteiger partial charge on any atom is -0.391 e. The van der Waals surface area contributed by atoms with E-state index in [-0.39, 0.29) is 12.6 Å². The van der Waals surface area contributed by atoms with Crippen LogP contribution in [0.4, 0.5) is 10.1 Å². The van der Waals surface area contributed by atoms with E-state index in [9.17, 15) is 9.50 Å². The van der Waals surface area contributed by atoms with Crippen molar-refractivity contribution in [2.24, 2.45) is 5.10 Å². The highest BCUT2D eigenvalue weighted by molar-refractivity contribution is 6.34. The van der Waals surface area contributed by atoms with Gasteiger partial charge < -0.3 is 9.84 Å². The first-order chi connectivity index (χ1) is 11.1. The molecular formula is C16H17ClFN3O2. The highest BCUT2D eigenvalue weighted by Gasteiger charge is 2.46. The molecule has 7 heteroatoms. The molecule has 23 heavy (non-hydrogen) atoms. The molecule has 2 heterocycles. The summed E-state index contributed by atoms with van der Waals surface area (Å²) in [6, 6.07) is 3.13. The fraction of sp³-hybridized carbons (Fsp3) is 0.500. The number of hydrogen-bond acceptors (Lipinski definition) is 4. The fourth-order valence-corrected chi connectivity index (χ4v) is 3.41. The third-order valence-corrected chi connectivity index (χ3v) is 4.82. The van der Waals surface area contributed by atoms with E-state index in [1.165, 1.54) is 0 Å². The number of aliphatic hydroxyl groups is 1. The van der Waals surface area contributed by atoms with Crippen molar-refractivity contribution < 1.29 is 14.2 Å². The number of rotatable bonds is 4. The summed E-state index contributed by atoms with van der Waals surface area (Å²) < 4.78 is 18.2. The van der Waals surface area contributed by atoms with E-state index < -0.39 is 18.9 Å². The molecule has 122 valence electrons. The van der Waals surface area contributed by atoms with Crippen molar-refractivity contribution in [3.05, 3.63) is 39.7 Å². The normalized spacial score (nSPS) is 26.1. The Labute approximate surface area is 139 Å². The van der Waals surface area contributed by atoms with Crippen LogP contribution in [0.1, 0.15) is 17.5 Å². The zero-order valence-corrected chi connectivity index (χ0v) is 13.4. The van der Waals surface area contributed by atoms with Gasteiger partial charge in [-0.3, -0.25) is 5.01 Å². The van der Waals surface area contributed by atoms with Gasteiger partial charge in [0.15, 0.2) is 0 Å². The number of halogens is 2. The Balaban J connectivity index is 2.00. The smallest absolute Gasteiger partial charge is 0.205 e. The van der Waals surface area contributed by atoms with Crippen LogP contribution >= 0.6 is 11.6 Å². The number of ether oxygens (including phenoxy) is 1. The van der Waals surface area contributed by atoms with Crippen LogP contribution in [0.5, 0.6) is 0 Å². The molecule has 1 aromatic rings. The van der Waals surface area contributed by atoms with Gasteiger partial charge in [0.2, 0.25) is 5.69 Å². The maximum absolute atomic E-state index is 12.6. The van der Waals surface area contributed by atoms with Crippen LogP contribution in [0.15, 0.2) is 17.2 Å². The van der Waals surface area contributed by atoms with Gasteiger partial charge in [0.1, 0.15) is 18.8 Å². The van der Waals surface area contributed by atoms with E-state index in [1.54, 1.807) is 17.1 Å². The highest BCUT2D eigenvalue weighted by Crippen LogP contribution is 2.36. The molecule has 0 radical (unpaired) electrons. The molecule has 2 aliphatic heterocycles. The molecule has 0 amide bonds. The van der Waals surface area contributed by atoms with Crippen molar-refractivity contribution in [1.29, 1.82) is 0 Å². The van der Waals surface area contributed by atoms with Gasteiger partial charge in [0.25, 0.3) is 0 Å². The second-order valence-corrected chi connectivity index (χ2v) is 6.04. The average Bonchev–Trinajstić information content (AvgIpc) is 3.08. The fourth-order valence-electron chi connectivity index (χ4n) is 3.21. The molecule has 3 atom stereocenters. The molecule has 1 N–H and O–H groups in total. The van der Waals surface area contributed by atoms with Crippen LogP contribution in [-0.4, -0.2) is 53.9 Å². The Morgan fingerprint density at radius 3 is 3.04 bits per heavy atom. The molecule has 0 spiro atoms. The van der Waals surface area contributed by atoms with E-state index in [1.807, 2.05) is 6.92 Å². The second kappa shape index (κ2) is 6.44. The zero-order chi connectivity index (χ0) is 16.6. The van der Waals surface area contributed by atoms with Crippen LogP contribution < -0.4 is 0 Å². The number of fused-ring (bicyclic) bond motifs is 1. The number of hydrazone groups is 1. The lowest BCUT2D eigenvalue weighted by molar-refractivity contribution is 0.0106. The first-order valence-electron chi connectivity index (χ1n) is 7.46. The molecule has 0 saturated carbocycles. The van der Waals surface area contributed by atoms with Crippen molar-refractivity contribution in [1.82, 2.24) is 5.01 Å². The summed E-state index contributed by atoms with van der Waals surface area (Å²) in [7, 11) is 0. The van der Waals surface area contributed by atoms with Gasteiger partial charge in [-0.05, 0) is 18.9 Å². The van der Waals surface area contributed by atoms with Crippen molar-refractivity contribution >= 4 is 23.0 Å².